The van der Waals surface area contributed by atoms with Gasteiger partial charge < -0.3 is 14.6 Å². The number of nitrogens with one attached hydrogen (secondary N) is 1. The van der Waals surface area contributed by atoms with E-state index < -0.39 is 6.04 Å². The third-order valence-electron chi connectivity index (χ3n) is 3.77. The minimum atomic E-state index is -0.403. The Morgan fingerprint density at radius 3 is 2.86 bits per heavy atom. The summed E-state index contributed by atoms with van der Waals surface area (Å²) in [4.78, 5) is 26.2. The van der Waals surface area contributed by atoms with Crippen LogP contribution < -0.4 is 5.32 Å². The van der Waals surface area contributed by atoms with Gasteiger partial charge in [0.1, 0.15) is 11.8 Å². The van der Waals surface area contributed by atoms with Crippen molar-refractivity contribution in [1.29, 1.82) is 0 Å². The number of amides is 2. The van der Waals surface area contributed by atoms with Crippen LogP contribution in [0.3, 0.4) is 0 Å². The molecule has 1 N–H and O–H groups in total. The molecule has 1 aliphatic heterocycles. The Morgan fingerprint density at radius 1 is 1.45 bits per heavy atom. The molecule has 0 bridgehead atoms. The van der Waals surface area contributed by atoms with Gasteiger partial charge in [0.2, 0.25) is 11.8 Å². The minimum absolute atomic E-state index is 0.0778. The fraction of sp³-hybridized carbons (Fsp3) is 0.500. The molecule has 0 saturated carbocycles. The predicted molar refractivity (Wildman–Crippen MR) is 88.1 cm³/mol. The molecule has 2 atom stereocenters. The van der Waals surface area contributed by atoms with Crippen molar-refractivity contribution in [2.24, 2.45) is 5.92 Å². The number of rotatable bonds is 5. The van der Waals surface area contributed by atoms with Gasteiger partial charge in [-0.05, 0) is 31.1 Å². The van der Waals surface area contributed by atoms with Crippen molar-refractivity contribution >= 4 is 29.7 Å². The second-order valence-electron chi connectivity index (χ2n) is 5.71. The molecule has 120 valence electrons. The van der Waals surface area contributed by atoms with Crippen molar-refractivity contribution in [2.75, 3.05) is 11.6 Å². The third-order valence-corrected chi connectivity index (χ3v) is 4.78. The molecule has 2 heterocycles. The summed E-state index contributed by atoms with van der Waals surface area (Å²) in [6.07, 6.45) is 4.63. The molecule has 1 aliphatic rings. The molecule has 0 spiro atoms. The molecule has 1 fully saturated rings. The average Bonchev–Trinajstić information content (AvgIpc) is 3.15. The summed E-state index contributed by atoms with van der Waals surface area (Å²) in [5, 5.41) is 2.99. The molecule has 1 aromatic rings. The molecule has 1 aromatic heterocycles. The van der Waals surface area contributed by atoms with Crippen molar-refractivity contribution in [1.82, 2.24) is 10.2 Å². The van der Waals surface area contributed by atoms with Crippen LogP contribution in [0.1, 0.15) is 26.5 Å². The fourth-order valence-corrected chi connectivity index (χ4v) is 3.16. The molecule has 6 heteroatoms. The lowest BCUT2D eigenvalue weighted by molar-refractivity contribution is -0.135. The molecule has 22 heavy (non-hydrogen) atoms. The van der Waals surface area contributed by atoms with Crippen molar-refractivity contribution in [3.05, 3.63) is 30.2 Å². The zero-order chi connectivity index (χ0) is 16.1. The van der Waals surface area contributed by atoms with Crippen LogP contribution in [0.25, 0.3) is 6.08 Å². The third kappa shape index (κ3) is 4.16. The molecular formula is C16H22N2O3S. The van der Waals surface area contributed by atoms with Crippen molar-refractivity contribution in [3.8, 4) is 0 Å². The highest BCUT2D eigenvalue weighted by Crippen LogP contribution is 2.22. The first-order valence-electron chi connectivity index (χ1n) is 7.39. The number of carbonyl (C=O) groups excluding carboxylic acids is 2. The van der Waals surface area contributed by atoms with Crippen LogP contribution in [-0.4, -0.2) is 40.4 Å². The molecule has 2 rings (SSSR count). The van der Waals surface area contributed by atoms with Gasteiger partial charge in [-0.25, -0.2) is 0 Å². The first-order chi connectivity index (χ1) is 10.5. The van der Waals surface area contributed by atoms with Crippen LogP contribution in [0, 0.1) is 5.92 Å². The van der Waals surface area contributed by atoms with Gasteiger partial charge in [0.25, 0.3) is 0 Å². The van der Waals surface area contributed by atoms with Crippen LogP contribution in [-0.2, 0) is 9.59 Å². The highest BCUT2D eigenvalue weighted by atomic mass is 32.2. The molecule has 0 aliphatic carbocycles. The van der Waals surface area contributed by atoms with Crippen molar-refractivity contribution in [3.63, 3.8) is 0 Å². The predicted octanol–water partition coefficient (Wildman–Crippen LogP) is 2.36. The smallest absolute Gasteiger partial charge is 0.248 e. The van der Waals surface area contributed by atoms with Gasteiger partial charge in [0.15, 0.2) is 0 Å². The highest BCUT2D eigenvalue weighted by Gasteiger charge is 2.34. The largest absolute Gasteiger partial charge is 0.465 e. The van der Waals surface area contributed by atoms with E-state index in [0.29, 0.717) is 23.3 Å². The second kappa shape index (κ2) is 7.54. The average molecular weight is 322 g/mol. The lowest BCUT2D eigenvalue weighted by atomic mass is 10.1. The number of nitrogens with zero attached hydrogens (tertiary/aromatic N) is 1. The van der Waals surface area contributed by atoms with E-state index in [4.69, 9.17) is 4.42 Å². The number of carbonyl (C=O) groups is 2. The van der Waals surface area contributed by atoms with Crippen LogP contribution in [0.2, 0.25) is 0 Å². The maximum absolute atomic E-state index is 12.3. The Bertz CT molecular complexity index is 540. The van der Waals surface area contributed by atoms with Crippen LogP contribution >= 0.6 is 11.8 Å². The van der Waals surface area contributed by atoms with Gasteiger partial charge >= 0.3 is 0 Å². The van der Waals surface area contributed by atoms with E-state index in [1.165, 1.54) is 6.08 Å². The van der Waals surface area contributed by atoms with E-state index in [0.717, 1.165) is 0 Å². The van der Waals surface area contributed by atoms with E-state index in [-0.39, 0.29) is 17.9 Å². The Balaban J connectivity index is 1.97. The Kier molecular flexibility index (Phi) is 5.71. The second-order valence-corrected chi connectivity index (χ2v) is 6.71. The topological polar surface area (TPSA) is 62.6 Å². The van der Waals surface area contributed by atoms with Crippen molar-refractivity contribution < 1.29 is 14.0 Å². The normalized spacial score (nSPS) is 19.8. The van der Waals surface area contributed by atoms with Crippen LogP contribution in [0.15, 0.2) is 28.9 Å². The number of hydrogen-bond acceptors (Lipinski definition) is 4. The first-order valence-corrected chi connectivity index (χ1v) is 8.55. The Labute approximate surface area is 135 Å². The van der Waals surface area contributed by atoms with Crippen LogP contribution in [0.5, 0.6) is 0 Å². The lowest BCUT2D eigenvalue weighted by Crippen LogP contribution is -2.50. The molecule has 0 aromatic carbocycles. The maximum atomic E-state index is 12.3. The summed E-state index contributed by atoms with van der Waals surface area (Å²) < 4.78 is 5.16. The summed E-state index contributed by atoms with van der Waals surface area (Å²) in [5.74, 6) is 1.91. The first kappa shape index (κ1) is 16.7. The number of thioether (sulfide) groups is 1. The van der Waals surface area contributed by atoms with Gasteiger partial charge in [-0.1, -0.05) is 13.8 Å². The highest BCUT2D eigenvalue weighted by molar-refractivity contribution is 7.99. The van der Waals surface area contributed by atoms with Gasteiger partial charge in [0.05, 0.1) is 12.1 Å². The minimum Gasteiger partial charge on any atom is -0.465 e. The summed E-state index contributed by atoms with van der Waals surface area (Å²) in [6, 6.07) is 3.23. The molecular weight excluding hydrogens is 300 g/mol. The molecule has 1 saturated heterocycles. The summed E-state index contributed by atoms with van der Waals surface area (Å²) in [5.41, 5.74) is 0. The molecule has 5 nitrogen and oxygen atoms in total. The Morgan fingerprint density at radius 2 is 2.23 bits per heavy atom. The van der Waals surface area contributed by atoms with E-state index in [1.807, 2.05) is 6.92 Å². The van der Waals surface area contributed by atoms with Gasteiger partial charge in [-0.2, -0.15) is 0 Å². The molecule has 0 radical (unpaired) electrons. The monoisotopic (exact) mass is 322 g/mol. The quantitative estimate of drug-likeness (QED) is 0.845. The summed E-state index contributed by atoms with van der Waals surface area (Å²) in [7, 11) is 0. The molecule has 0 unspecified atom stereocenters. The standard InChI is InChI=1S/C16H22N2O3S/c1-11(2)12(3)17-16(20)14-9-22-10-18(14)15(19)7-6-13-5-4-8-21-13/h4-8,11-12,14H,9-10H2,1-3H3,(H,17,20)/b7-6-/t12-,14-/m0/s1. The zero-order valence-corrected chi connectivity index (χ0v) is 13.9. The van der Waals surface area contributed by atoms with E-state index in [2.05, 4.69) is 19.2 Å². The lowest BCUT2D eigenvalue weighted by Gasteiger charge is -2.25. The Hall–Kier alpha value is -1.69. The van der Waals surface area contributed by atoms with Gasteiger partial charge in [0, 0.05) is 17.9 Å². The van der Waals surface area contributed by atoms with Crippen LogP contribution in [0.4, 0.5) is 0 Å². The number of hydrogen-bond donors (Lipinski definition) is 1. The fourth-order valence-electron chi connectivity index (χ4n) is 2.00. The van der Waals surface area contributed by atoms with E-state index in [1.54, 1.807) is 41.1 Å². The summed E-state index contributed by atoms with van der Waals surface area (Å²) >= 11 is 1.59. The maximum Gasteiger partial charge on any atom is 0.248 e. The van der Waals surface area contributed by atoms with E-state index in [9.17, 15) is 9.59 Å². The zero-order valence-electron chi connectivity index (χ0n) is 13.1. The van der Waals surface area contributed by atoms with Crippen molar-refractivity contribution in [2.45, 2.75) is 32.9 Å². The SMILES string of the molecule is CC(C)[C@H](C)NC(=O)[C@@H]1CSCN1C(=O)/C=C\c1ccco1. The summed E-state index contributed by atoms with van der Waals surface area (Å²) in [6.45, 7) is 6.10. The van der Waals surface area contributed by atoms with E-state index >= 15 is 0 Å². The molecule has 2 amide bonds. The number of furan rings is 1. The van der Waals surface area contributed by atoms with Gasteiger partial charge in [-0.15, -0.1) is 11.8 Å². The van der Waals surface area contributed by atoms with Gasteiger partial charge in [-0.3, -0.25) is 9.59 Å².